The Morgan fingerprint density at radius 2 is 1.94 bits per heavy atom. The minimum Gasteiger partial charge on any atom is -0.465 e. The van der Waals surface area contributed by atoms with Crippen LogP contribution in [0.15, 0.2) is 24.3 Å². The normalized spacial score (nSPS) is 11.4. The second kappa shape index (κ2) is 5.80. The van der Waals surface area contributed by atoms with E-state index in [-0.39, 0.29) is 12.4 Å². The fourth-order valence-electron chi connectivity index (χ4n) is 1.51. The van der Waals surface area contributed by atoms with E-state index in [0.717, 1.165) is 0 Å². The molecule has 0 N–H and O–H groups in total. The highest BCUT2D eigenvalue weighted by Crippen LogP contribution is 2.19. The Morgan fingerprint density at radius 1 is 1.35 bits per heavy atom. The van der Waals surface area contributed by atoms with Gasteiger partial charge in [-0.1, -0.05) is 12.1 Å². The Bertz CT molecular complexity index is 457. The van der Waals surface area contributed by atoms with Crippen molar-refractivity contribution in [2.24, 2.45) is 0 Å². The number of nitrogens with zero attached hydrogens (tertiary/aromatic N) is 1. The van der Waals surface area contributed by atoms with Crippen LogP contribution < -0.4 is 0 Å². The molecular formula is C13H13NO3. The first-order valence-electron chi connectivity index (χ1n) is 5.27. The average Bonchev–Trinajstić information content (AvgIpc) is 2.30. The summed E-state index contributed by atoms with van der Waals surface area (Å²) in [7, 11) is 0. The fourth-order valence-corrected chi connectivity index (χ4v) is 1.51. The number of esters is 1. The van der Waals surface area contributed by atoms with Gasteiger partial charge in [0.2, 0.25) is 0 Å². The molecule has 0 spiro atoms. The first-order chi connectivity index (χ1) is 8.10. The highest BCUT2D eigenvalue weighted by atomic mass is 16.5. The van der Waals surface area contributed by atoms with Gasteiger partial charge < -0.3 is 4.74 Å². The second-order valence-corrected chi connectivity index (χ2v) is 3.53. The summed E-state index contributed by atoms with van der Waals surface area (Å²) in [6, 6.07) is 8.32. The van der Waals surface area contributed by atoms with Gasteiger partial charge in [0.15, 0.2) is 0 Å². The highest BCUT2D eigenvalue weighted by molar-refractivity contribution is 6.03. The number of ketones is 1. The van der Waals surface area contributed by atoms with Gasteiger partial charge in [-0.3, -0.25) is 9.59 Å². The lowest BCUT2D eigenvalue weighted by atomic mass is 9.95. The van der Waals surface area contributed by atoms with Crippen LogP contribution >= 0.6 is 0 Å². The summed E-state index contributed by atoms with van der Waals surface area (Å²) in [5.74, 6) is -1.72. The lowest BCUT2D eigenvalue weighted by Gasteiger charge is -2.12. The van der Waals surface area contributed by atoms with E-state index < -0.39 is 11.9 Å². The fraction of sp³-hybridized carbons (Fsp3) is 0.308. The maximum absolute atomic E-state index is 11.6. The van der Waals surface area contributed by atoms with E-state index in [9.17, 15) is 9.59 Å². The number of hydrogen-bond acceptors (Lipinski definition) is 4. The zero-order valence-electron chi connectivity index (χ0n) is 9.77. The van der Waals surface area contributed by atoms with E-state index in [0.29, 0.717) is 11.1 Å². The number of nitriles is 1. The SMILES string of the molecule is CCOC(=O)[C@H](C(C)=O)c1ccc(C#N)cc1. The van der Waals surface area contributed by atoms with Gasteiger partial charge in [-0.25, -0.2) is 0 Å². The third-order valence-electron chi connectivity index (χ3n) is 2.30. The van der Waals surface area contributed by atoms with E-state index in [4.69, 9.17) is 10.00 Å². The van der Waals surface area contributed by atoms with Crippen molar-refractivity contribution in [2.45, 2.75) is 19.8 Å². The summed E-state index contributed by atoms with van der Waals surface area (Å²) in [5.41, 5.74) is 1.04. The number of carbonyl (C=O) groups excluding carboxylic acids is 2. The monoisotopic (exact) mass is 231 g/mol. The van der Waals surface area contributed by atoms with E-state index in [2.05, 4.69) is 0 Å². The number of carbonyl (C=O) groups is 2. The van der Waals surface area contributed by atoms with Crippen LogP contribution in [0.3, 0.4) is 0 Å². The molecule has 1 aromatic rings. The molecule has 0 aliphatic carbocycles. The van der Waals surface area contributed by atoms with Gasteiger partial charge in [0, 0.05) is 0 Å². The van der Waals surface area contributed by atoms with Crippen LogP contribution in [0.2, 0.25) is 0 Å². The number of ether oxygens (including phenoxy) is 1. The quantitative estimate of drug-likeness (QED) is 0.585. The standard InChI is InChI=1S/C13H13NO3/c1-3-17-13(16)12(9(2)15)11-6-4-10(8-14)5-7-11/h4-7,12H,3H2,1-2H3/t12-/m1/s1. The summed E-state index contributed by atoms with van der Waals surface area (Å²) in [6.07, 6.45) is 0. The zero-order valence-corrected chi connectivity index (χ0v) is 9.77. The molecule has 1 aromatic carbocycles. The minimum atomic E-state index is -0.900. The van der Waals surface area contributed by atoms with Crippen LogP contribution in [0.4, 0.5) is 0 Å². The van der Waals surface area contributed by atoms with Crippen molar-refractivity contribution in [1.82, 2.24) is 0 Å². The molecule has 0 heterocycles. The molecule has 88 valence electrons. The summed E-state index contributed by atoms with van der Waals surface area (Å²) in [4.78, 5) is 23.1. The van der Waals surface area contributed by atoms with Crippen molar-refractivity contribution in [1.29, 1.82) is 5.26 Å². The van der Waals surface area contributed by atoms with Crippen molar-refractivity contribution in [3.63, 3.8) is 0 Å². The molecule has 17 heavy (non-hydrogen) atoms. The topological polar surface area (TPSA) is 67.2 Å². The van der Waals surface area contributed by atoms with Crippen LogP contribution in [0.1, 0.15) is 30.9 Å². The molecule has 0 saturated heterocycles. The number of hydrogen-bond donors (Lipinski definition) is 0. The molecule has 0 aliphatic heterocycles. The largest absolute Gasteiger partial charge is 0.465 e. The van der Waals surface area contributed by atoms with Gasteiger partial charge in [-0.15, -0.1) is 0 Å². The smallest absolute Gasteiger partial charge is 0.320 e. The van der Waals surface area contributed by atoms with Crippen LogP contribution in [-0.4, -0.2) is 18.4 Å². The Balaban J connectivity index is 3.02. The Hall–Kier alpha value is -2.15. The van der Waals surface area contributed by atoms with E-state index >= 15 is 0 Å². The third-order valence-corrected chi connectivity index (χ3v) is 2.30. The molecule has 0 radical (unpaired) electrons. The summed E-state index contributed by atoms with van der Waals surface area (Å²) in [6.45, 7) is 3.27. The van der Waals surface area contributed by atoms with E-state index in [1.807, 2.05) is 6.07 Å². The summed E-state index contributed by atoms with van der Waals surface area (Å²) in [5, 5.41) is 8.66. The maximum atomic E-state index is 11.6. The minimum absolute atomic E-state index is 0.235. The Kier molecular flexibility index (Phi) is 4.41. The van der Waals surface area contributed by atoms with Crippen LogP contribution in [0.5, 0.6) is 0 Å². The number of benzene rings is 1. The van der Waals surface area contributed by atoms with E-state index in [1.54, 1.807) is 31.2 Å². The Labute approximate surface area is 99.8 Å². The van der Waals surface area contributed by atoms with Crippen molar-refractivity contribution >= 4 is 11.8 Å². The molecule has 1 atom stereocenters. The van der Waals surface area contributed by atoms with Gasteiger partial charge in [0.1, 0.15) is 11.7 Å². The summed E-state index contributed by atoms with van der Waals surface area (Å²) >= 11 is 0. The van der Waals surface area contributed by atoms with Crippen molar-refractivity contribution < 1.29 is 14.3 Å². The van der Waals surface area contributed by atoms with Crippen LogP contribution in [0.25, 0.3) is 0 Å². The van der Waals surface area contributed by atoms with Gasteiger partial charge in [-0.05, 0) is 31.5 Å². The lowest BCUT2D eigenvalue weighted by Crippen LogP contribution is -2.22. The number of rotatable bonds is 4. The van der Waals surface area contributed by atoms with Crippen molar-refractivity contribution in [2.75, 3.05) is 6.61 Å². The molecule has 0 saturated carbocycles. The first kappa shape index (κ1) is 12.9. The first-order valence-corrected chi connectivity index (χ1v) is 5.27. The number of Topliss-reactive ketones (excluding diaryl/α,β-unsaturated/α-hetero) is 1. The molecule has 0 amide bonds. The molecule has 0 fully saturated rings. The molecule has 4 heteroatoms. The molecular weight excluding hydrogens is 218 g/mol. The lowest BCUT2D eigenvalue weighted by molar-refractivity contribution is -0.147. The van der Waals surface area contributed by atoms with Gasteiger partial charge in [0.05, 0.1) is 18.2 Å². The predicted molar refractivity (Wildman–Crippen MR) is 61.2 cm³/mol. The average molecular weight is 231 g/mol. The third kappa shape index (κ3) is 3.15. The van der Waals surface area contributed by atoms with Gasteiger partial charge in [-0.2, -0.15) is 5.26 Å². The van der Waals surface area contributed by atoms with Crippen LogP contribution in [0, 0.1) is 11.3 Å². The molecule has 0 aliphatic rings. The second-order valence-electron chi connectivity index (χ2n) is 3.53. The maximum Gasteiger partial charge on any atom is 0.320 e. The van der Waals surface area contributed by atoms with Crippen LogP contribution in [-0.2, 0) is 14.3 Å². The zero-order chi connectivity index (χ0) is 12.8. The van der Waals surface area contributed by atoms with Crippen molar-refractivity contribution in [3.8, 4) is 6.07 Å². The Morgan fingerprint density at radius 3 is 2.35 bits per heavy atom. The van der Waals surface area contributed by atoms with Gasteiger partial charge in [0.25, 0.3) is 0 Å². The summed E-state index contributed by atoms with van der Waals surface area (Å²) < 4.78 is 4.85. The predicted octanol–water partition coefficient (Wildman–Crippen LogP) is 1.79. The van der Waals surface area contributed by atoms with Gasteiger partial charge >= 0.3 is 5.97 Å². The highest BCUT2D eigenvalue weighted by Gasteiger charge is 2.26. The molecule has 0 aromatic heterocycles. The molecule has 4 nitrogen and oxygen atoms in total. The molecule has 0 bridgehead atoms. The van der Waals surface area contributed by atoms with E-state index in [1.165, 1.54) is 6.92 Å². The van der Waals surface area contributed by atoms with Crippen molar-refractivity contribution in [3.05, 3.63) is 35.4 Å². The molecule has 1 rings (SSSR count). The molecule has 0 unspecified atom stereocenters.